The van der Waals surface area contributed by atoms with Crippen LogP contribution in [0.3, 0.4) is 0 Å². The quantitative estimate of drug-likeness (QED) is 0.700. The van der Waals surface area contributed by atoms with Crippen LogP contribution in [0.1, 0.15) is 72.1 Å². The molecule has 0 heterocycles. The van der Waals surface area contributed by atoms with Crippen LogP contribution in [-0.4, -0.2) is 32.1 Å². The van der Waals surface area contributed by atoms with Crippen LogP contribution < -0.4 is 5.32 Å². The van der Waals surface area contributed by atoms with Crippen LogP contribution in [-0.2, 0) is 0 Å². The number of nitrogens with one attached hydrogen (secondary N) is 1. The third-order valence-electron chi connectivity index (χ3n) is 4.17. The Hall–Kier alpha value is -0.760. The van der Waals surface area contributed by atoms with Gasteiger partial charge in [0.15, 0.2) is 0 Å². The Bertz CT molecular complexity index is 305. The SMILES string of the molecule is C=C1CCCC/C1=C(\CCCC)NC.CCCN(C)CC. The second kappa shape index (κ2) is 12.9. The molecule has 1 aliphatic carbocycles. The van der Waals surface area contributed by atoms with Gasteiger partial charge in [0, 0.05) is 12.7 Å². The average molecular weight is 295 g/mol. The third kappa shape index (κ3) is 8.98. The minimum Gasteiger partial charge on any atom is -0.391 e. The highest BCUT2D eigenvalue weighted by atomic mass is 15.1. The lowest BCUT2D eigenvalue weighted by atomic mass is 9.88. The highest BCUT2D eigenvalue weighted by molar-refractivity contribution is 5.34. The molecule has 0 spiro atoms. The van der Waals surface area contributed by atoms with Crippen molar-refractivity contribution in [3.8, 4) is 0 Å². The Balaban J connectivity index is 0.000000486. The molecular weight excluding hydrogens is 256 g/mol. The van der Waals surface area contributed by atoms with E-state index in [0.29, 0.717) is 0 Å². The molecule has 1 aliphatic rings. The second-order valence-electron chi connectivity index (χ2n) is 6.02. The van der Waals surface area contributed by atoms with E-state index < -0.39 is 0 Å². The smallest absolute Gasteiger partial charge is 0.0139 e. The predicted octanol–water partition coefficient (Wildman–Crippen LogP) is 5.13. The van der Waals surface area contributed by atoms with E-state index in [0.717, 1.165) is 0 Å². The molecule has 0 aromatic rings. The summed E-state index contributed by atoms with van der Waals surface area (Å²) < 4.78 is 0. The molecule has 1 rings (SSSR count). The molecule has 0 atom stereocenters. The number of rotatable bonds is 7. The summed E-state index contributed by atoms with van der Waals surface area (Å²) in [6, 6.07) is 0. The van der Waals surface area contributed by atoms with Crippen LogP contribution >= 0.6 is 0 Å². The van der Waals surface area contributed by atoms with Gasteiger partial charge in [0.1, 0.15) is 0 Å². The lowest BCUT2D eigenvalue weighted by Crippen LogP contribution is -2.17. The Labute approximate surface area is 133 Å². The minimum atomic E-state index is 1.17. The van der Waals surface area contributed by atoms with Gasteiger partial charge in [0.05, 0.1) is 0 Å². The van der Waals surface area contributed by atoms with Gasteiger partial charge in [0.25, 0.3) is 0 Å². The van der Waals surface area contributed by atoms with Crippen molar-refractivity contribution >= 4 is 0 Å². The Kier molecular flexibility index (Phi) is 12.5. The standard InChI is InChI=1S/C13H23N.C6H15N/c1-4-5-10-13(14-3)12-9-7-6-8-11(12)2;1-4-6-7(3)5-2/h14H,2,4-10H2,1,3H3;4-6H2,1-3H3/b13-12-;. The molecule has 124 valence electrons. The fourth-order valence-electron chi connectivity index (χ4n) is 2.65. The monoisotopic (exact) mass is 294 g/mol. The van der Waals surface area contributed by atoms with Gasteiger partial charge in [0.2, 0.25) is 0 Å². The molecule has 2 heteroatoms. The molecule has 0 unspecified atom stereocenters. The molecule has 0 saturated heterocycles. The number of nitrogens with zero attached hydrogens (tertiary/aromatic N) is 1. The first-order valence-corrected chi connectivity index (χ1v) is 8.87. The van der Waals surface area contributed by atoms with Gasteiger partial charge in [-0.1, -0.05) is 39.3 Å². The molecular formula is C19H38N2. The van der Waals surface area contributed by atoms with Crippen LogP contribution in [0.15, 0.2) is 23.4 Å². The summed E-state index contributed by atoms with van der Waals surface area (Å²) in [6.45, 7) is 13.2. The summed E-state index contributed by atoms with van der Waals surface area (Å²) in [5, 5.41) is 3.36. The maximum Gasteiger partial charge on any atom is 0.0139 e. The Morgan fingerprint density at radius 3 is 2.24 bits per heavy atom. The molecule has 0 aromatic heterocycles. The van der Waals surface area contributed by atoms with Gasteiger partial charge in [-0.2, -0.15) is 0 Å². The van der Waals surface area contributed by atoms with E-state index in [2.05, 4.69) is 44.6 Å². The molecule has 0 aromatic carbocycles. The number of allylic oxidation sites excluding steroid dienone is 3. The van der Waals surface area contributed by atoms with E-state index in [9.17, 15) is 0 Å². The molecule has 2 nitrogen and oxygen atoms in total. The predicted molar refractivity (Wildman–Crippen MR) is 96.7 cm³/mol. The number of hydrogen-bond acceptors (Lipinski definition) is 2. The average Bonchev–Trinajstić information content (AvgIpc) is 2.50. The summed E-state index contributed by atoms with van der Waals surface area (Å²) >= 11 is 0. The van der Waals surface area contributed by atoms with Crippen molar-refractivity contribution in [2.75, 3.05) is 27.2 Å². The summed E-state index contributed by atoms with van der Waals surface area (Å²) in [7, 11) is 4.18. The van der Waals surface area contributed by atoms with Gasteiger partial charge in [-0.15, -0.1) is 0 Å². The second-order valence-corrected chi connectivity index (χ2v) is 6.02. The molecule has 1 fully saturated rings. The molecule has 21 heavy (non-hydrogen) atoms. The number of unbranched alkanes of at least 4 members (excludes halogenated alkanes) is 1. The summed E-state index contributed by atoms with van der Waals surface area (Å²) in [5.74, 6) is 0. The molecule has 0 bridgehead atoms. The van der Waals surface area contributed by atoms with Gasteiger partial charge in [-0.3, -0.25) is 0 Å². The first-order chi connectivity index (χ1) is 10.1. The summed E-state index contributed by atoms with van der Waals surface area (Å²) in [4.78, 5) is 2.31. The summed E-state index contributed by atoms with van der Waals surface area (Å²) in [6.07, 6.45) is 10.1. The van der Waals surface area contributed by atoms with E-state index in [1.807, 2.05) is 7.05 Å². The largest absolute Gasteiger partial charge is 0.391 e. The highest BCUT2D eigenvalue weighted by Crippen LogP contribution is 2.30. The fourth-order valence-corrected chi connectivity index (χ4v) is 2.65. The Morgan fingerprint density at radius 2 is 1.81 bits per heavy atom. The van der Waals surface area contributed by atoms with Crippen LogP contribution in [0.4, 0.5) is 0 Å². The third-order valence-corrected chi connectivity index (χ3v) is 4.17. The lowest BCUT2D eigenvalue weighted by Gasteiger charge is -2.21. The fraction of sp³-hybridized carbons (Fsp3) is 0.789. The highest BCUT2D eigenvalue weighted by Gasteiger charge is 2.13. The minimum absolute atomic E-state index is 1.17. The van der Waals surface area contributed by atoms with E-state index in [4.69, 9.17) is 0 Å². The van der Waals surface area contributed by atoms with Gasteiger partial charge >= 0.3 is 0 Å². The van der Waals surface area contributed by atoms with Crippen molar-refractivity contribution in [1.29, 1.82) is 0 Å². The van der Waals surface area contributed by atoms with Crippen LogP contribution in [0, 0.1) is 0 Å². The topological polar surface area (TPSA) is 15.3 Å². The van der Waals surface area contributed by atoms with E-state index in [1.165, 1.54) is 81.3 Å². The van der Waals surface area contributed by atoms with Crippen molar-refractivity contribution < 1.29 is 0 Å². The first-order valence-electron chi connectivity index (χ1n) is 8.87. The molecule has 1 N–H and O–H groups in total. The normalized spacial score (nSPS) is 17.3. The molecule has 1 saturated carbocycles. The van der Waals surface area contributed by atoms with Gasteiger partial charge < -0.3 is 10.2 Å². The maximum absolute atomic E-state index is 4.17. The van der Waals surface area contributed by atoms with Crippen molar-refractivity contribution in [2.45, 2.75) is 72.1 Å². The lowest BCUT2D eigenvalue weighted by molar-refractivity contribution is 0.353. The van der Waals surface area contributed by atoms with Crippen molar-refractivity contribution in [2.24, 2.45) is 0 Å². The zero-order chi connectivity index (χ0) is 16.1. The van der Waals surface area contributed by atoms with Crippen molar-refractivity contribution in [1.82, 2.24) is 10.2 Å². The van der Waals surface area contributed by atoms with Crippen molar-refractivity contribution in [3.63, 3.8) is 0 Å². The van der Waals surface area contributed by atoms with Gasteiger partial charge in [-0.25, -0.2) is 0 Å². The van der Waals surface area contributed by atoms with E-state index >= 15 is 0 Å². The zero-order valence-corrected chi connectivity index (χ0v) is 15.2. The van der Waals surface area contributed by atoms with E-state index in [-0.39, 0.29) is 0 Å². The molecule has 0 aliphatic heterocycles. The molecule has 0 radical (unpaired) electrons. The van der Waals surface area contributed by atoms with E-state index in [1.54, 1.807) is 0 Å². The summed E-state index contributed by atoms with van der Waals surface area (Å²) in [5.41, 5.74) is 4.33. The van der Waals surface area contributed by atoms with Crippen LogP contribution in [0.25, 0.3) is 0 Å². The maximum atomic E-state index is 4.17. The first kappa shape index (κ1) is 20.2. The van der Waals surface area contributed by atoms with Gasteiger partial charge in [-0.05, 0) is 70.7 Å². The zero-order valence-electron chi connectivity index (χ0n) is 15.2. The number of hydrogen-bond donors (Lipinski definition) is 1. The Morgan fingerprint density at radius 1 is 1.14 bits per heavy atom. The van der Waals surface area contributed by atoms with Crippen LogP contribution in [0.2, 0.25) is 0 Å². The molecule has 0 amide bonds. The van der Waals surface area contributed by atoms with Crippen LogP contribution in [0.5, 0.6) is 0 Å². The van der Waals surface area contributed by atoms with Crippen molar-refractivity contribution in [3.05, 3.63) is 23.4 Å².